The Morgan fingerprint density at radius 1 is 1.54 bits per heavy atom. The van der Waals surface area contributed by atoms with Gasteiger partial charge in [-0.2, -0.15) is 0 Å². The van der Waals surface area contributed by atoms with E-state index in [0.717, 1.165) is 5.56 Å². The Hall–Kier alpha value is -1.03. The SMILES string of the molecule is COc1ccc(CS(C)=O)cc1N. The molecule has 0 saturated heterocycles. The molecule has 0 radical (unpaired) electrons. The van der Waals surface area contributed by atoms with Gasteiger partial charge in [-0.15, -0.1) is 0 Å². The molecule has 13 heavy (non-hydrogen) atoms. The summed E-state index contributed by atoms with van der Waals surface area (Å²) in [5.74, 6) is 1.19. The first-order chi connectivity index (χ1) is 6.13. The lowest BCUT2D eigenvalue weighted by Gasteiger charge is -2.05. The molecule has 0 spiro atoms. The van der Waals surface area contributed by atoms with E-state index in [1.54, 1.807) is 25.5 Å². The molecule has 0 fully saturated rings. The Morgan fingerprint density at radius 3 is 2.69 bits per heavy atom. The molecule has 1 aromatic carbocycles. The minimum atomic E-state index is -0.830. The zero-order valence-electron chi connectivity index (χ0n) is 7.74. The molecular formula is C9H13NO2S. The zero-order valence-corrected chi connectivity index (χ0v) is 8.56. The van der Waals surface area contributed by atoms with Crippen LogP contribution in [0.25, 0.3) is 0 Å². The molecule has 0 aromatic heterocycles. The number of rotatable bonds is 3. The maximum absolute atomic E-state index is 10.9. The summed E-state index contributed by atoms with van der Waals surface area (Å²) in [6.07, 6.45) is 1.67. The highest BCUT2D eigenvalue weighted by molar-refractivity contribution is 7.83. The Balaban J connectivity index is 2.89. The predicted octanol–water partition coefficient (Wildman–Crippen LogP) is 1.16. The monoisotopic (exact) mass is 199 g/mol. The normalized spacial score (nSPS) is 12.5. The Morgan fingerprint density at radius 2 is 2.23 bits per heavy atom. The summed E-state index contributed by atoms with van der Waals surface area (Å²) in [4.78, 5) is 0. The summed E-state index contributed by atoms with van der Waals surface area (Å²) in [5.41, 5.74) is 7.24. The molecule has 1 aromatic rings. The minimum Gasteiger partial charge on any atom is -0.495 e. The van der Waals surface area contributed by atoms with E-state index in [0.29, 0.717) is 17.2 Å². The van der Waals surface area contributed by atoms with E-state index in [-0.39, 0.29) is 0 Å². The highest BCUT2D eigenvalue weighted by Crippen LogP contribution is 2.22. The van der Waals surface area contributed by atoms with E-state index >= 15 is 0 Å². The van der Waals surface area contributed by atoms with Crippen LogP contribution in [0.3, 0.4) is 0 Å². The van der Waals surface area contributed by atoms with Gasteiger partial charge in [0.15, 0.2) is 0 Å². The van der Waals surface area contributed by atoms with Crippen LogP contribution in [0.2, 0.25) is 0 Å². The molecule has 4 heteroatoms. The van der Waals surface area contributed by atoms with Crippen molar-refractivity contribution in [1.29, 1.82) is 0 Å². The van der Waals surface area contributed by atoms with Crippen molar-refractivity contribution in [3.8, 4) is 5.75 Å². The number of hydrogen-bond donors (Lipinski definition) is 1. The van der Waals surface area contributed by atoms with Gasteiger partial charge < -0.3 is 10.5 Å². The van der Waals surface area contributed by atoms with Gasteiger partial charge >= 0.3 is 0 Å². The van der Waals surface area contributed by atoms with Gasteiger partial charge in [0.25, 0.3) is 0 Å². The number of methoxy groups -OCH3 is 1. The average Bonchev–Trinajstić information content (AvgIpc) is 2.03. The van der Waals surface area contributed by atoms with E-state index in [1.165, 1.54) is 0 Å². The lowest BCUT2D eigenvalue weighted by molar-refractivity contribution is 0.417. The fourth-order valence-corrected chi connectivity index (χ4v) is 1.76. The molecule has 0 aliphatic heterocycles. The van der Waals surface area contributed by atoms with Crippen LogP contribution in [0.1, 0.15) is 5.56 Å². The largest absolute Gasteiger partial charge is 0.495 e. The number of benzene rings is 1. The highest BCUT2D eigenvalue weighted by Gasteiger charge is 2.01. The van der Waals surface area contributed by atoms with Crippen molar-refractivity contribution < 1.29 is 8.95 Å². The summed E-state index contributed by atoms with van der Waals surface area (Å²) in [7, 11) is 0.743. The number of anilines is 1. The third-order valence-electron chi connectivity index (χ3n) is 1.66. The molecule has 3 nitrogen and oxygen atoms in total. The first-order valence-electron chi connectivity index (χ1n) is 3.86. The highest BCUT2D eigenvalue weighted by atomic mass is 32.2. The average molecular weight is 199 g/mol. The van der Waals surface area contributed by atoms with Crippen LogP contribution in [0, 0.1) is 0 Å². The van der Waals surface area contributed by atoms with Gasteiger partial charge in [-0.25, -0.2) is 0 Å². The second-order valence-corrected chi connectivity index (χ2v) is 4.23. The van der Waals surface area contributed by atoms with Crippen LogP contribution >= 0.6 is 0 Å². The second kappa shape index (κ2) is 4.28. The Kier molecular flexibility index (Phi) is 3.31. The maximum atomic E-state index is 10.9. The molecule has 0 heterocycles. The molecule has 1 atom stereocenters. The standard InChI is InChI=1S/C9H13NO2S/c1-12-9-4-3-7(5-8(9)10)6-13(2)11/h3-5H,6,10H2,1-2H3. The van der Waals surface area contributed by atoms with Gasteiger partial charge in [-0.1, -0.05) is 6.07 Å². The van der Waals surface area contributed by atoms with Crippen LogP contribution in [0.5, 0.6) is 5.75 Å². The van der Waals surface area contributed by atoms with Crippen LogP contribution in [0.15, 0.2) is 18.2 Å². The Bertz CT molecular complexity index is 325. The number of ether oxygens (including phenoxy) is 1. The van der Waals surface area contributed by atoms with Crippen molar-refractivity contribution in [2.45, 2.75) is 5.75 Å². The molecular weight excluding hydrogens is 186 g/mol. The smallest absolute Gasteiger partial charge is 0.141 e. The lowest BCUT2D eigenvalue weighted by atomic mass is 10.2. The molecule has 0 saturated carbocycles. The molecule has 1 unspecified atom stereocenters. The Labute approximate surface area is 80.4 Å². The number of nitrogens with two attached hydrogens (primary N) is 1. The summed E-state index contributed by atoms with van der Waals surface area (Å²) >= 11 is 0. The van der Waals surface area contributed by atoms with Gasteiger partial charge in [0.1, 0.15) is 5.75 Å². The summed E-state index contributed by atoms with van der Waals surface area (Å²) in [6.45, 7) is 0. The molecule has 0 aliphatic rings. The minimum absolute atomic E-state index is 0.536. The molecule has 2 N–H and O–H groups in total. The summed E-state index contributed by atoms with van der Waals surface area (Å²) in [6, 6.07) is 5.45. The summed E-state index contributed by atoms with van der Waals surface area (Å²) < 4.78 is 15.9. The fourth-order valence-electron chi connectivity index (χ4n) is 1.11. The van der Waals surface area contributed by atoms with Crippen molar-refractivity contribution in [2.75, 3.05) is 19.1 Å². The zero-order chi connectivity index (χ0) is 9.84. The molecule has 1 rings (SSSR count). The number of nitrogen functional groups attached to an aromatic ring is 1. The van der Waals surface area contributed by atoms with Crippen molar-refractivity contribution >= 4 is 16.5 Å². The first-order valence-corrected chi connectivity index (χ1v) is 5.58. The van der Waals surface area contributed by atoms with Crippen LogP contribution in [-0.4, -0.2) is 17.6 Å². The first kappa shape index (κ1) is 10.1. The van der Waals surface area contributed by atoms with Crippen LogP contribution < -0.4 is 10.5 Å². The molecule has 0 amide bonds. The number of hydrogen-bond acceptors (Lipinski definition) is 3. The van der Waals surface area contributed by atoms with Gasteiger partial charge in [0, 0.05) is 22.8 Å². The van der Waals surface area contributed by atoms with Crippen LogP contribution in [-0.2, 0) is 16.6 Å². The summed E-state index contributed by atoms with van der Waals surface area (Å²) in [5, 5.41) is 0. The third kappa shape index (κ3) is 2.73. The van der Waals surface area contributed by atoms with Crippen molar-refractivity contribution in [3.05, 3.63) is 23.8 Å². The quantitative estimate of drug-likeness (QED) is 0.743. The van der Waals surface area contributed by atoms with E-state index in [4.69, 9.17) is 10.5 Å². The second-order valence-electron chi connectivity index (χ2n) is 2.79. The molecule has 0 bridgehead atoms. The maximum Gasteiger partial charge on any atom is 0.141 e. The fraction of sp³-hybridized carbons (Fsp3) is 0.333. The van der Waals surface area contributed by atoms with Crippen molar-refractivity contribution in [1.82, 2.24) is 0 Å². The van der Waals surface area contributed by atoms with E-state index in [2.05, 4.69) is 0 Å². The van der Waals surface area contributed by atoms with E-state index in [1.807, 2.05) is 6.07 Å². The van der Waals surface area contributed by atoms with Gasteiger partial charge in [-0.3, -0.25) is 4.21 Å². The van der Waals surface area contributed by atoms with Gasteiger partial charge in [0.05, 0.1) is 12.8 Å². The van der Waals surface area contributed by atoms with Gasteiger partial charge in [0.2, 0.25) is 0 Å². The third-order valence-corrected chi connectivity index (χ3v) is 2.40. The van der Waals surface area contributed by atoms with Crippen LogP contribution in [0.4, 0.5) is 5.69 Å². The van der Waals surface area contributed by atoms with E-state index < -0.39 is 10.8 Å². The topological polar surface area (TPSA) is 52.3 Å². The van der Waals surface area contributed by atoms with Gasteiger partial charge in [-0.05, 0) is 17.7 Å². The molecule has 72 valence electrons. The molecule has 0 aliphatic carbocycles. The van der Waals surface area contributed by atoms with Crippen molar-refractivity contribution in [2.24, 2.45) is 0 Å². The van der Waals surface area contributed by atoms with Crippen molar-refractivity contribution in [3.63, 3.8) is 0 Å². The predicted molar refractivity (Wildman–Crippen MR) is 55.2 cm³/mol. The van der Waals surface area contributed by atoms with E-state index in [9.17, 15) is 4.21 Å². The lowest BCUT2D eigenvalue weighted by Crippen LogP contribution is -1.96.